The Labute approximate surface area is 381 Å². The number of imidazole rings is 2. The molecule has 0 bridgehead atoms. The van der Waals surface area contributed by atoms with E-state index in [0.29, 0.717) is 73.4 Å². The van der Waals surface area contributed by atoms with Crippen molar-refractivity contribution in [3.63, 3.8) is 0 Å². The molecule has 4 amide bonds. The van der Waals surface area contributed by atoms with E-state index in [9.17, 15) is 19.2 Å². The number of rotatable bonds is 9. The first-order valence-electron chi connectivity index (χ1n) is 21.0. The molecule has 0 spiro atoms. The average molecular weight is 935 g/mol. The lowest BCUT2D eigenvalue weighted by atomic mass is 10.0. The molecule has 2 saturated heterocycles. The summed E-state index contributed by atoms with van der Waals surface area (Å²) in [5, 5.41) is 5.12. The average Bonchev–Trinajstić information content (AvgIpc) is 3.83. The van der Waals surface area contributed by atoms with Crippen molar-refractivity contribution in [1.29, 1.82) is 0 Å². The second-order valence-electron chi connectivity index (χ2n) is 15.6. The number of carbonyl (C=O) groups is 4. The number of amides is 4. The Morgan fingerprint density at radius 1 is 0.727 bits per heavy atom. The van der Waals surface area contributed by atoms with Crippen molar-refractivity contribution >= 4 is 46.7 Å². The van der Waals surface area contributed by atoms with E-state index in [2.05, 4.69) is 20.6 Å². The van der Waals surface area contributed by atoms with Crippen LogP contribution in [0.2, 0.25) is 5.02 Å². The van der Waals surface area contributed by atoms with Crippen LogP contribution in [0, 0.1) is 30.2 Å². The molecule has 2 atom stereocenters. The predicted octanol–water partition coefficient (Wildman–Crippen LogP) is 6.43. The first kappa shape index (κ1) is 47.4. The summed E-state index contributed by atoms with van der Waals surface area (Å²) in [7, 11) is 4.07. The summed E-state index contributed by atoms with van der Waals surface area (Å²) in [5.41, 5.74) is 2.25. The lowest BCUT2D eigenvalue weighted by molar-refractivity contribution is -0.138. The monoisotopic (exact) mass is 934 g/mol. The molecule has 8 rings (SSSR count). The highest BCUT2D eigenvalue weighted by Crippen LogP contribution is 2.34. The lowest BCUT2D eigenvalue weighted by Gasteiger charge is -2.33. The molecule has 0 radical (unpaired) electrons. The fraction of sp³-hybridized carbons (Fsp3) is 0.348. The SMILES string of the molecule is CCC(=O)N1CCO[C@H](Cc2c(-c3c(F)cc(C(=O)NC)cc3F)nc3cc(C)ccn23)C1.CNC(=O)c1cc(F)c(-c2nc3cc(Cl)ccn3c2C[C@H]2CN(C(=O)OC)CCO2)c(F)c1. The number of methoxy groups -OCH3 is 1. The minimum absolute atomic E-state index is 0.0409. The lowest BCUT2D eigenvalue weighted by Crippen LogP contribution is -2.46. The third kappa shape index (κ3) is 9.97. The number of nitrogens with one attached hydrogen (secondary N) is 2. The number of hydrogen-bond acceptors (Lipinski definition) is 9. The summed E-state index contributed by atoms with van der Waals surface area (Å²) >= 11 is 6.09. The molecule has 0 unspecified atom stereocenters. The molecule has 0 saturated carbocycles. The summed E-state index contributed by atoms with van der Waals surface area (Å²) in [4.78, 5) is 60.1. The number of fused-ring (bicyclic) bond motifs is 2. The molecule has 2 aliphatic rings. The maximum atomic E-state index is 15.1. The maximum absolute atomic E-state index is 15.1. The van der Waals surface area contributed by atoms with Crippen LogP contribution in [0.15, 0.2) is 60.9 Å². The molecule has 4 aromatic heterocycles. The first-order valence-corrected chi connectivity index (χ1v) is 21.4. The van der Waals surface area contributed by atoms with Crippen LogP contribution in [0.25, 0.3) is 33.8 Å². The van der Waals surface area contributed by atoms with Gasteiger partial charge in [-0.15, -0.1) is 0 Å². The molecule has 6 aromatic rings. The van der Waals surface area contributed by atoms with Gasteiger partial charge in [-0.3, -0.25) is 14.4 Å². The van der Waals surface area contributed by atoms with E-state index in [1.54, 1.807) is 32.0 Å². The highest BCUT2D eigenvalue weighted by Gasteiger charge is 2.31. The van der Waals surface area contributed by atoms with Gasteiger partial charge in [0.25, 0.3) is 11.8 Å². The van der Waals surface area contributed by atoms with E-state index >= 15 is 17.6 Å². The highest BCUT2D eigenvalue weighted by molar-refractivity contribution is 6.30. The smallest absolute Gasteiger partial charge is 0.409 e. The number of benzene rings is 2. The van der Waals surface area contributed by atoms with Crippen LogP contribution in [0.4, 0.5) is 22.4 Å². The molecule has 2 aromatic carbocycles. The van der Waals surface area contributed by atoms with E-state index in [0.717, 1.165) is 29.8 Å². The standard InChI is InChI=1S/C24H26F2N4O3.C22H21ClF2N4O4/c1-4-21(31)29-7-8-33-16(13-29)12-19-23(28-20-9-14(2)5-6-30(19)20)22-17(25)10-15(11-18(22)26)24(32)27-3;1-26-21(30)12-7-15(24)19(16(25)8-12)20-17(29-4-3-13(23)9-18(29)27-20)10-14-11-28(5-6-33-14)22(31)32-2/h5-6,9-11,16H,4,7-8,12-13H2,1-3H3,(H,27,32);3-4,7-9,14H,5-6,10-11H2,1-2H3,(H,26,30)/t16-;14-/m10/s1. The van der Waals surface area contributed by atoms with Gasteiger partial charge in [0.2, 0.25) is 5.91 Å². The predicted molar refractivity (Wildman–Crippen MR) is 235 cm³/mol. The summed E-state index contributed by atoms with van der Waals surface area (Å²) in [6, 6.07) is 10.9. The molecule has 15 nitrogen and oxygen atoms in total. The molecule has 6 heterocycles. The van der Waals surface area contributed by atoms with E-state index in [1.807, 2.05) is 32.2 Å². The van der Waals surface area contributed by atoms with E-state index < -0.39 is 47.3 Å². The van der Waals surface area contributed by atoms with Gasteiger partial charge < -0.3 is 43.4 Å². The molecule has 2 fully saturated rings. The van der Waals surface area contributed by atoms with E-state index in [-0.39, 0.29) is 58.6 Å². The normalized spacial score (nSPS) is 16.2. The molecule has 66 heavy (non-hydrogen) atoms. The van der Waals surface area contributed by atoms with Gasteiger partial charge in [-0.2, -0.15) is 0 Å². The number of pyridine rings is 2. The minimum Gasteiger partial charge on any atom is -0.453 e. The maximum Gasteiger partial charge on any atom is 0.409 e. The minimum atomic E-state index is -0.926. The quantitative estimate of drug-likeness (QED) is 0.156. The van der Waals surface area contributed by atoms with Gasteiger partial charge in [-0.05, 0) is 55.0 Å². The van der Waals surface area contributed by atoms with Crippen molar-refractivity contribution < 1.29 is 51.0 Å². The molecule has 348 valence electrons. The number of ether oxygens (including phenoxy) is 3. The number of aryl methyl sites for hydroxylation is 1. The number of halogens is 5. The Kier molecular flexibility index (Phi) is 14.6. The van der Waals surface area contributed by atoms with Crippen molar-refractivity contribution in [3.8, 4) is 22.5 Å². The third-order valence-corrected chi connectivity index (χ3v) is 11.5. The number of nitrogens with zero attached hydrogens (tertiary/aromatic N) is 6. The Hall–Kier alpha value is -6.57. The fourth-order valence-electron chi connectivity index (χ4n) is 8.07. The summed E-state index contributed by atoms with van der Waals surface area (Å²) in [5.74, 6) is -4.75. The first-order chi connectivity index (χ1) is 31.6. The van der Waals surface area contributed by atoms with Crippen molar-refractivity contribution in [2.24, 2.45) is 0 Å². The van der Waals surface area contributed by atoms with Crippen molar-refractivity contribution in [2.45, 2.75) is 45.3 Å². The molecular formula is C46H47ClF4N8O7. The number of hydrogen-bond donors (Lipinski definition) is 2. The summed E-state index contributed by atoms with van der Waals surface area (Å²) in [6.07, 6.45) is 3.11. The van der Waals surface area contributed by atoms with Crippen LogP contribution in [0.3, 0.4) is 0 Å². The second-order valence-corrected chi connectivity index (χ2v) is 16.0. The summed E-state index contributed by atoms with van der Waals surface area (Å²) < 4.78 is 80.3. The molecule has 0 aliphatic carbocycles. The zero-order valence-corrected chi connectivity index (χ0v) is 37.5. The molecule has 20 heteroatoms. The van der Waals surface area contributed by atoms with Gasteiger partial charge in [0, 0.05) is 87.6 Å². The van der Waals surface area contributed by atoms with Crippen LogP contribution >= 0.6 is 11.6 Å². The van der Waals surface area contributed by atoms with Gasteiger partial charge in [-0.25, -0.2) is 32.3 Å². The topological polar surface area (TPSA) is 161 Å². The van der Waals surface area contributed by atoms with Gasteiger partial charge >= 0.3 is 6.09 Å². The second kappa shape index (κ2) is 20.3. The highest BCUT2D eigenvalue weighted by atomic mass is 35.5. The van der Waals surface area contributed by atoms with Crippen LogP contribution in [-0.2, 0) is 31.8 Å². The Bertz CT molecular complexity index is 2600. The van der Waals surface area contributed by atoms with Gasteiger partial charge in [0.1, 0.15) is 34.6 Å². The number of morpholine rings is 2. The number of aromatic nitrogens is 4. The fourth-order valence-corrected chi connectivity index (χ4v) is 8.22. The Balaban J connectivity index is 0.000000196. The van der Waals surface area contributed by atoms with Crippen LogP contribution in [0.1, 0.15) is 51.0 Å². The van der Waals surface area contributed by atoms with Gasteiger partial charge in [-0.1, -0.05) is 18.5 Å². The van der Waals surface area contributed by atoms with E-state index in [1.165, 1.54) is 26.1 Å². The van der Waals surface area contributed by atoms with Crippen LogP contribution in [0.5, 0.6) is 0 Å². The molecule has 2 N–H and O–H groups in total. The summed E-state index contributed by atoms with van der Waals surface area (Å²) in [6.45, 7) is 5.94. The van der Waals surface area contributed by atoms with Crippen molar-refractivity contribution in [1.82, 2.24) is 39.2 Å². The zero-order chi connectivity index (χ0) is 47.4. The Morgan fingerprint density at radius 2 is 1.18 bits per heavy atom. The third-order valence-electron chi connectivity index (χ3n) is 11.3. The van der Waals surface area contributed by atoms with E-state index in [4.69, 9.17) is 25.8 Å². The number of carbonyl (C=O) groups excluding carboxylic acids is 4. The van der Waals surface area contributed by atoms with Crippen LogP contribution < -0.4 is 10.6 Å². The largest absolute Gasteiger partial charge is 0.453 e. The van der Waals surface area contributed by atoms with Gasteiger partial charge in [0.05, 0.1) is 73.0 Å². The van der Waals surface area contributed by atoms with Gasteiger partial charge in [0.15, 0.2) is 0 Å². The Morgan fingerprint density at radius 3 is 1.65 bits per heavy atom. The molecule has 2 aliphatic heterocycles. The van der Waals surface area contributed by atoms with Crippen molar-refractivity contribution in [3.05, 3.63) is 117 Å². The molecular weight excluding hydrogens is 888 g/mol. The zero-order valence-electron chi connectivity index (χ0n) is 36.7. The van der Waals surface area contributed by atoms with Crippen LogP contribution in [-0.4, -0.2) is 125 Å². The van der Waals surface area contributed by atoms with Crippen molar-refractivity contribution in [2.75, 3.05) is 60.6 Å².